The van der Waals surface area contributed by atoms with E-state index in [2.05, 4.69) is 25.7 Å². The number of halogens is 1. The van der Waals surface area contributed by atoms with Gasteiger partial charge in [-0.25, -0.2) is 0 Å². The van der Waals surface area contributed by atoms with Gasteiger partial charge in [0.25, 0.3) is 0 Å². The molecular weight excluding hydrogens is 402 g/mol. The van der Waals surface area contributed by atoms with E-state index < -0.39 is 0 Å². The molecule has 6 nitrogen and oxygen atoms in total. The summed E-state index contributed by atoms with van der Waals surface area (Å²) in [6.07, 6.45) is 0. The molecule has 0 saturated heterocycles. The maximum Gasteiger partial charge on any atom is 0.247 e. The van der Waals surface area contributed by atoms with Gasteiger partial charge in [0.2, 0.25) is 16.9 Å². The highest BCUT2D eigenvalue weighted by molar-refractivity contribution is 8.00. The molecular formula is C18H14ClN5OS2. The van der Waals surface area contributed by atoms with Crippen LogP contribution >= 0.6 is 34.7 Å². The smallest absolute Gasteiger partial charge is 0.247 e. The van der Waals surface area contributed by atoms with Crippen molar-refractivity contribution in [3.63, 3.8) is 0 Å². The molecule has 4 rings (SSSR count). The van der Waals surface area contributed by atoms with E-state index in [4.69, 9.17) is 16.0 Å². The van der Waals surface area contributed by atoms with Gasteiger partial charge in [0.1, 0.15) is 0 Å². The van der Waals surface area contributed by atoms with Crippen molar-refractivity contribution in [2.24, 2.45) is 0 Å². The van der Waals surface area contributed by atoms with E-state index in [1.54, 1.807) is 0 Å². The monoisotopic (exact) mass is 415 g/mol. The number of hydrogen-bond acceptors (Lipinski definition) is 8. The summed E-state index contributed by atoms with van der Waals surface area (Å²) in [4.78, 5) is 0. The lowest BCUT2D eigenvalue weighted by molar-refractivity contribution is 0.528. The van der Waals surface area contributed by atoms with Gasteiger partial charge in [-0.3, -0.25) is 0 Å². The summed E-state index contributed by atoms with van der Waals surface area (Å²) in [7, 11) is 0. The van der Waals surface area contributed by atoms with E-state index in [1.165, 1.54) is 23.1 Å². The molecule has 0 spiro atoms. The van der Waals surface area contributed by atoms with Crippen LogP contribution in [0.1, 0.15) is 11.5 Å². The van der Waals surface area contributed by atoms with Crippen LogP contribution in [0.5, 0.6) is 0 Å². The normalized spacial score (nSPS) is 10.9. The second-order valence-corrected chi connectivity index (χ2v) is 8.22. The maximum atomic E-state index is 6.15. The number of hydrogen-bond donors (Lipinski definition) is 1. The summed E-state index contributed by atoms with van der Waals surface area (Å²) in [6.45, 7) is 1.96. The average Bonchev–Trinajstić information content (AvgIpc) is 3.33. The van der Waals surface area contributed by atoms with Gasteiger partial charge in [0, 0.05) is 16.3 Å². The van der Waals surface area contributed by atoms with E-state index in [0.29, 0.717) is 27.7 Å². The van der Waals surface area contributed by atoms with Crippen LogP contribution in [-0.2, 0) is 5.75 Å². The highest BCUT2D eigenvalue weighted by atomic mass is 35.5. The third-order valence-electron chi connectivity index (χ3n) is 3.64. The number of aromatic nitrogens is 4. The summed E-state index contributed by atoms with van der Waals surface area (Å²) in [5.74, 6) is 1.60. The van der Waals surface area contributed by atoms with Crippen LogP contribution in [0.2, 0.25) is 5.02 Å². The minimum absolute atomic E-state index is 0.516. The molecule has 0 aliphatic rings. The first-order valence-corrected chi connectivity index (χ1v) is 10.2. The van der Waals surface area contributed by atoms with Crippen LogP contribution in [0, 0.1) is 6.92 Å². The number of nitrogens with zero attached hydrogens (tertiary/aromatic N) is 4. The number of anilines is 2. The fourth-order valence-electron chi connectivity index (χ4n) is 2.25. The predicted molar refractivity (Wildman–Crippen MR) is 109 cm³/mol. The second-order valence-electron chi connectivity index (χ2n) is 5.62. The molecule has 9 heteroatoms. The van der Waals surface area contributed by atoms with Crippen molar-refractivity contribution in [2.45, 2.75) is 17.0 Å². The molecule has 0 amide bonds. The fourth-order valence-corrected chi connectivity index (χ4v) is 4.04. The fraction of sp³-hybridized carbons (Fsp3) is 0.111. The molecule has 0 unspecified atom stereocenters. The van der Waals surface area contributed by atoms with Crippen molar-refractivity contribution < 1.29 is 4.42 Å². The Bertz CT molecular complexity index is 1050. The Labute approximate surface area is 169 Å². The number of thioether (sulfide) groups is 1. The van der Waals surface area contributed by atoms with Gasteiger partial charge in [-0.15, -0.1) is 20.4 Å². The molecule has 27 heavy (non-hydrogen) atoms. The van der Waals surface area contributed by atoms with Crippen LogP contribution in [0.3, 0.4) is 0 Å². The van der Waals surface area contributed by atoms with Crippen molar-refractivity contribution in [3.8, 4) is 11.5 Å². The van der Waals surface area contributed by atoms with Gasteiger partial charge in [-0.2, -0.15) is 0 Å². The van der Waals surface area contributed by atoms with Gasteiger partial charge >= 0.3 is 0 Å². The summed E-state index contributed by atoms with van der Waals surface area (Å²) >= 11 is 9.11. The van der Waals surface area contributed by atoms with Crippen LogP contribution in [0.25, 0.3) is 11.5 Å². The van der Waals surface area contributed by atoms with Crippen LogP contribution in [0.15, 0.2) is 57.3 Å². The SMILES string of the molecule is Cc1ccc(Nc2nnc(SCc3nnc(-c4ccccc4)o3)s2)cc1Cl. The summed E-state index contributed by atoms with van der Waals surface area (Å²) in [6, 6.07) is 15.5. The quantitative estimate of drug-likeness (QED) is 0.411. The first kappa shape index (κ1) is 18.0. The van der Waals surface area contributed by atoms with E-state index in [0.717, 1.165) is 21.2 Å². The lowest BCUT2D eigenvalue weighted by atomic mass is 10.2. The second kappa shape index (κ2) is 8.08. The average molecular weight is 416 g/mol. The zero-order valence-electron chi connectivity index (χ0n) is 14.2. The topological polar surface area (TPSA) is 76.7 Å². The highest BCUT2D eigenvalue weighted by Crippen LogP contribution is 2.31. The molecule has 136 valence electrons. The summed E-state index contributed by atoms with van der Waals surface area (Å²) in [5, 5.41) is 21.1. The number of nitrogens with one attached hydrogen (secondary N) is 1. The van der Waals surface area contributed by atoms with Gasteiger partial charge in [0.05, 0.1) is 5.75 Å². The molecule has 0 aliphatic heterocycles. The van der Waals surface area contributed by atoms with Crippen LogP contribution in [0.4, 0.5) is 10.8 Å². The van der Waals surface area contributed by atoms with Gasteiger partial charge in [-0.1, -0.05) is 59.0 Å². The predicted octanol–water partition coefficient (Wildman–Crippen LogP) is 5.59. The van der Waals surface area contributed by atoms with Crippen molar-refractivity contribution in [2.75, 3.05) is 5.32 Å². The van der Waals surface area contributed by atoms with Gasteiger partial charge in [-0.05, 0) is 36.8 Å². The Morgan fingerprint density at radius 3 is 2.74 bits per heavy atom. The highest BCUT2D eigenvalue weighted by Gasteiger charge is 2.11. The van der Waals surface area contributed by atoms with Crippen LogP contribution < -0.4 is 5.32 Å². The molecule has 2 heterocycles. The first-order chi connectivity index (χ1) is 13.2. The zero-order valence-corrected chi connectivity index (χ0v) is 16.6. The number of benzene rings is 2. The van der Waals surface area contributed by atoms with Crippen molar-refractivity contribution in [3.05, 3.63) is 65.0 Å². The van der Waals surface area contributed by atoms with E-state index in [1.807, 2.05) is 55.5 Å². The Kier molecular flexibility index (Phi) is 5.38. The standard InChI is InChI=1S/C18H14ClN5OS2/c1-11-7-8-13(9-14(11)19)20-17-23-24-18(27-17)26-10-15-21-22-16(25-15)12-5-3-2-4-6-12/h2-9H,10H2,1H3,(H,20,23). The molecule has 0 atom stereocenters. The lowest BCUT2D eigenvalue weighted by Crippen LogP contribution is -1.89. The molecule has 2 aromatic heterocycles. The lowest BCUT2D eigenvalue weighted by Gasteiger charge is -2.03. The summed E-state index contributed by atoms with van der Waals surface area (Å²) < 4.78 is 6.52. The minimum Gasteiger partial charge on any atom is -0.420 e. The number of aryl methyl sites for hydroxylation is 1. The molecule has 2 aromatic carbocycles. The third-order valence-corrected chi connectivity index (χ3v) is 6.00. The maximum absolute atomic E-state index is 6.15. The molecule has 1 N–H and O–H groups in total. The molecule has 4 aromatic rings. The largest absolute Gasteiger partial charge is 0.420 e. The zero-order chi connectivity index (χ0) is 18.6. The van der Waals surface area contributed by atoms with E-state index in [9.17, 15) is 0 Å². The van der Waals surface area contributed by atoms with E-state index >= 15 is 0 Å². The van der Waals surface area contributed by atoms with E-state index in [-0.39, 0.29) is 0 Å². The molecule has 0 bridgehead atoms. The van der Waals surface area contributed by atoms with Crippen molar-refractivity contribution in [1.29, 1.82) is 0 Å². The number of rotatable bonds is 6. The molecule has 0 aliphatic carbocycles. The first-order valence-electron chi connectivity index (χ1n) is 8.04. The van der Waals surface area contributed by atoms with Gasteiger partial charge < -0.3 is 9.73 Å². The summed E-state index contributed by atoms with van der Waals surface area (Å²) in [5.41, 5.74) is 2.81. The Hall–Kier alpha value is -2.42. The molecule has 0 saturated carbocycles. The van der Waals surface area contributed by atoms with Crippen molar-refractivity contribution in [1.82, 2.24) is 20.4 Å². The Morgan fingerprint density at radius 1 is 1.07 bits per heavy atom. The third kappa shape index (κ3) is 4.47. The van der Waals surface area contributed by atoms with Gasteiger partial charge in [0.15, 0.2) is 4.34 Å². The van der Waals surface area contributed by atoms with Crippen molar-refractivity contribution >= 4 is 45.5 Å². The molecule has 0 fully saturated rings. The Balaban J connectivity index is 1.37. The molecule has 0 radical (unpaired) electrons. The van der Waals surface area contributed by atoms with Crippen LogP contribution in [-0.4, -0.2) is 20.4 Å². The Morgan fingerprint density at radius 2 is 1.93 bits per heavy atom. The minimum atomic E-state index is 0.516.